The number of rotatable bonds is 1. The Morgan fingerprint density at radius 2 is 2.08 bits per heavy atom. The van der Waals surface area contributed by atoms with Crippen LogP contribution in [0.1, 0.15) is 10.4 Å². The molecule has 0 aliphatic carbocycles. The quantitative estimate of drug-likeness (QED) is 0.570. The van der Waals surface area contributed by atoms with Crippen molar-refractivity contribution in [2.45, 2.75) is 0 Å². The predicted octanol–water partition coefficient (Wildman–Crippen LogP) is 2.65. The molecule has 5 heteroatoms. The molecule has 0 radical (unpaired) electrons. The minimum absolute atomic E-state index is 0.237. The van der Waals surface area contributed by atoms with Crippen molar-refractivity contribution in [1.29, 1.82) is 0 Å². The fourth-order valence-electron chi connectivity index (χ4n) is 0.712. The van der Waals surface area contributed by atoms with Crippen LogP contribution in [0.25, 0.3) is 0 Å². The summed E-state index contributed by atoms with van der Waals surface area (Å²) in [5.74, 6) is -1.33. The molecule has 0 fully saturated rings. The summed E-state index contributed by atoms with van der Waals surface area (Å²) in [4.78, 5) is 10.3. The molecule has 0 amide bonds. The Morgan fingerprint density at radius 3 is 2.58 bits per heavy atom. The third-order valence-electron chi connectivity index (χ3n) is 1.30. The number of phenols is 1. The Morgan fingerprint density at radius 1 is 1.50 bits per heavy atom. The van der Waals surface area contributed by atoms with Crippen molar-refractivity contribution in [2.24, 2.45) is 0 Å². The van der Waals surface area contributed by atoms with Gasteiger partial charge in [0.25, 0.3) is 0 Å². The Balaban J connectivity index is 3.52. The molecule has 1 aromatic rings. The van der Waals surface area contributed by atoms with Gasteiger partial charge in [0, 0.05) is 0 Å². The summed E-state index contributed by atoms with van der Waals surface area (Å²) in [5, 5.41) is 8.43. The van der Waals surface area contributed by atoms with Gasteiger partial charge in [-0.1, -0.05) is 23.2 Å². The van der Waals surface area contributed by atoms with Crippen molar-refractivity contribution in [2.75, 3.05) is 0 Å². The Labute approximate surface area is 77.5 Å². The maximum absolute atomic E-state index is 12.7. The average Bonchev–Trinajstić information content (AvgIpc) is 2.02. The van der Waals surface area contributed by atoms with E-state index in [0.29, 0.717) is 0 Å². The van der Waals surface area contributed by atoms with Crippen LogP contribution in [0.15, 0.2) is 6.07 Å². The zero-order valence-electron chi connectivity index (χ0n) is 5.64. The van der Waals surface area contributed by atoms with Gasteiger partial charge < -0.3 is 5.11 Å². The van der Waals surface area contributed by atoms with E-state index in [4.69, 9.17) is 28.3 Å². The van der Waals surface area contributed by atoms with E-state index in [1.54, 1.807) is 0 Å². The topological polar surface area (TPSA) is 37.3 Å². The van der Waals surface area contributed by atoms with Crippen LogP contribution in [0.2, 0.25) is 10.0 Å². The third kappa shape index (κ3) is 1.38. The lowest BCUT2D eigenvalue weighted by Gasteiger charge is -2.02. The van der Waals surface area contributed by atoms with E-state index >= 15 is 0 Å². The highest BCUT2D eigenvalue weighted by atomic mass is 35.5. The molecule has 0 saturated carbocycles. The van der Waals surface area contributed by atoms with Crippen LogP contribution in [-0.2, 0) is 0 Å². The molecule has 0 aromatic heterocycles. The monoisotopic (exact) mass is 208 g/mol. The lowest BCUT2D eigenvalue weighted by molar-refractivity contribution is 0.112. The highest BCUT2D eigenvalue weighted by Gasteiger charge is 2.14. The first-order valence-electron chi connectivity index (χ1n) is 2.89. The lowest BCUT2D eigenvalue weighted by Crippen LogP contribution is -1.88. The molecule has 1 rings (SSSR count). The van der Waals surface area contributed by atoms with Crippen molar-refractivity contribution in [3.05, 3.63) is 27.5 Å². The summed E-state index contributed by atoms with van der Waals surface area (Å²) in [7, 11) is 0. The third-order valence-corrected chi connectivity index (χ3v) is 1.97. The maximum atomic E-state index is 12.7. The SMILES string of the molecule is O=Cc1c(O)c(Cl)cc(F)c1Cl. The second-order valence-corrected chi connectivity index (χ2v) is 2.82. The lowest BCUT2D eigenvalue weighted by atomic mass is 10.2. The Hall–Kier alpha value is -0.800. The minimum atomic E-state index is -0.832. The highest BCUT2D eigenvalue weighted by Crippen LogP contribution is 2.33. The van der Waals surface area contributed by atoms with Crippen molar-refractivity contribution in [3.63, 3.8) is 0 Å². The van der Waals surface area contributed by atoms with Crippen LogP contribution >= 0.6 is 23.2 Å². The first kappa shape index (κ1) is 9.29. The molecule has 2 nitrogen and oxygen atoms in total. The summed E-state index contributed by atoms with van der Waals surface area (Å²) in [6.07, 6.45) is 0.243. The van der Waals surface area contributed by atoms with E-state index in [0.717, 1.165) is 6.07 Å². The van der Waals surface area contributed by atoms with E-state index in [-0.39, 0.29) is 16.9 Å². The average molecular weight is 209 g/mol. The minimum Gasteiger partial charge on any atom is -0.506 e. The summed E-state index contributed by atoms with van der Waals surface area (Å²) in [5.41, 5.74) is -0.332. The van der Waals surface area contributed by atoms with Gasteiger partial charge >= 0.3 is 0 Å². The summed E-state index contributed by atoms with van der Waals surface area (Å²) < 4.78 is 12.7. The molecule has 1 aromatic carbocycles. The smallest absolute Gasteiger partial charge is 0.155 e. The molecule has 0 bridgehead atoms. The molecule has 0 unspecified atom stereocenters. The number of halogens is 3. The number of aldehydes is 1. The second-order valence-electron chi connectivity index (χ2n) is 2.03. The Bertz CT molecular complexity index is 312. The molecule has 1 N–H and O–H groups in total. The van der Waals surface area contributed by atoms with Gasteiger partial charge in [0.05, 0.1) is 15.6 Å². The van der Waals surface area contributed by atoms with Crippen LogP contribution in [0.5, 0.6) is 5.75 Å². The van der Waals surface area contributed by atoms with Gasteiger partial charge in [-0.15, -0.1) is 0 Å². The van der Waals surface area contributed by atoms with Gasteiger partial charge in [-0.3, -0.25) is 4.79 Å². The molecule has 12 heavy (non-hydrogen) atoms. The van der Waals surface area contributed by atoms with E-state index < -0.39 is 16.6 Å². The second kappa shape index (κ2) is 3.29. The number of carbonyl (C=O) groups excluding carboxylic acids is 1. The largest absolute Gasteiger partial charge is 0.506 e. The van der Waals surface area contributed by atoms with Crippen LogP contribution in [0, 0.1) is 5.82 Å². The molecule has 0 saturated heterocycles. The first-order chi connectivity index (χ1) is 5.57. The Kier molecular flexibility index (Phi) is 2.55. The van der Waals surface area contributed by atoms with E-state index in [2.05, 4.69) is 0 Å². The number of benzene rings is 1. The van der Waals surface area contributed by atoms with Crippen molar-refractivity contribution in [1.82, 2.24) is 0 Å². The molecular weight excluding hydrogens is 206 g/mol. The van der Waals surface area contributed by atoms with Gasteiger partial charge in [0.2, 0.25) is 0 Å². The van der Waals surface area contributed by atoms with Gasteiger partial charge in [-0.05, 0) is 6.07 Å². The zero-order valence-corrected chi connectivity index (χ0v) is 7.16. The van der Waals surface area contributed by atoms with Gasteiger partial charge in [0.1, 0.15) is 11.6 Å². The van der Waals surface area contributed by atoms with E-state index in [9.17, 15) is 9.18 Å². The van der Waals surface area contributed by atoms with E-state index in [1.165, 1.54) is 0 Å². The van der Waals surface area contributed by atoms with Crippen LogP contribution in [0.3, 0.4) is 0 Å². The molecule has 0 heterocycles. The van der Waals surface area contributed by atoms with Crippen LogP contribution in [0.4, 0.5) is 4.39 Å². The highest BCUT2D eigenvalue weighted by molar-refractivity contribution is 6.36. The van der Waals surface area contributed by atoms with Gasteiger partial charge in [-0.2, -0.15) is 0 Å². The number of hydrogen-bond acceptors (Lipinski definition) is 2. The normalized spacial score (nSPS) is 9.92. The molecule has 0 atom stereocenters. The molecule has 0 spiro atoms. The number of carbonyl (C=O) groups is 1. The summed E-state index contributed by atoms with van der Waals surface area (Å²) in [6, 6.07) is 0.840. The zero-order chi connectivity index (χ0) is 9.30. The van der Waals surface area contributed by atoms with Gasteiger partial charge in [-0.25, -0.2) is 4.39 Å². The number of hydrogen-bond donors (Lipinski definition) is 1. The standard InChI is InChI=1S/C7H3Cl2FO2/c8-4-1-5(10)6(9)3(2-11)7(4)12/h1-2,12H. The first-order valence-corrected chi connectivity index (χ1v) is 3.65. The van der Waals surface area contributed by atoms with Crippen LogP contribution in [-0.4, -0.2) is 11.4 Å². The molecule has 64 valence electrons. The molecule has 0 aliphatic heterocycles. The van der Waals surface area contributed by atoms with Crippen molar-refractivity contribution < 1.29 is 14.3 Å². The number of phenolic OH excluding ortho intramolecular Hbond substituents is 1. The summed E-state index contributed by atoms with van der Waals surface area (Å²) >= 11 is 10.7. The van der Waals surface area contributed by atoms with Crippen LogP contribution < -0.4 is 0 Å². The molecule has 0 aliphatic rings. The predicted molar refractivity (Wildman–Crippen MR) is 43.5 cm³/mol. The van der Waals surface area contributed by atoms with Crippen molar-refractivity contribution >= 4 is 29.5 Å². The molecular formula is C7H3Cl2FO2. The number of aromatic hydroxyl groups is 1. The fraction of sp³-hybridized carbons (Fsp3) is 0. The van der Waals surface area contributed by atoms with Crippen molar-refractivity contribution in [3.8, 4) is 5.75 Å². The van der Waals surface area contributed by atoms with E-state index in [1.807, 2.05) is 0 Å². The fourth-order valence-corrected chi connectivity index (χ4v) is 1.10. The maximum Gasteiger partial charge on any atom is 0.155 e. The van der Waals surface area contributed by atoms with Gasteiger partial charge in [0.15, 0.2) is 6.29 Å². The summed E-state index contributed by atoms with van der Waals surface area (Å²) in [6.45, 7) is 0.